The third-order valence-electron chi connectivity index (χ3n) is 7.53. The Labute approximate surface area is 221 Å². The number of fused-ring (bicyclic) bond motifs is 2. The van der Waals surface area contributed by atoms with E-state index in [1.165, 1.54) is 16.1 Å². The normalized spacial score (nSPS) is 22.7. The summed E-state index contributed by atoms with van der Waals surface area (Å²) in [6.45, 7) is 3.93. The fourth-order valence-corrected chi connectivity index (χ4v) is 5.33. The van der Waals surface area contributed by atoms with Gasteiger partial charge in [0.1, 0.15) is 22.9 Å². The molecule has 0 aromatic carbocycles. The number of piperidine rings is 1. The molecule has 6 rings (SSSR count). The molecule has 14 heteroatoms. The number of ether oxygens (including phenoxy) is 1. The van der Waals surface area contributed by atoms with Crippen molar-refractivity contribution < 1.29 is 23.7 Å². The molecule has 10 nitrogen and oxygen atoms in total. The van der Waals surface area contributed by atoms with E-state index in [0.717, 1.165) is 0 Å². The number of hydrogen-bond acceptors (Lipinski definition) is 6. The van der Waals surface area contributed by atoms with E-state index in [4.69, 9.17) is 6.11 Å². The maximum Gasteiger partial charge on any atom is 0.282 e. The smallest absolute Gasteiger partial charge is 0.282 e. The average molecular weight is 549 g/mol. The minimum absolute atomic E-state index is 0.0130. The van der Waals surface area contributed by atoms with E-state index >= 15 is 8.78 Å². The number of hydrogen-bond donors (Lipinski definition) is 2. The van der Waals surface area contributed by atoms with E-state index in [-0.39, 0.29) is 23.8 Å². The van der Waals surface area contributed by atoms with Crippen LogP contribution in [0, 0.1) is 6.92 Å². The number of pyridine rings is 1. The highest BCUT2D eigenvalue weighted by Gasteiger charge is 2.51. The second kappa shape index (κ2) is 9.30. The summed E-state index contributed by atoms with van der Waals surface area (Å²) in [6, 6.07) is 3.65. The van der Waals surface area contributed by atoms with Crippen molar-refractivity contribution in [1.82, 2.24) is 34.0 Å². The summed E-state index contributed by atoms with van der Waals surface area (Å²) in [5.41, 5.74) is 2.10. The third-order valence-corrected chi connectivity index (χ3v) is 7.53. The zero-order chi connectivity index (χ0) is 28.4. The van der Waals surface area contributed by atoms with Crippen LogP contribution >= 0.6 is 0 Å². The van der Waals surface area contributed by atoms with Gasteiger partial charge in [0.2, 0.25) is 5.62 Å². The van der Waals surface area contributed by atoms with Crippen LogP contribution in [0.1, 0.15) is 20.5 Å². The van der Waals surface area contributed by atoms with E-state index in [0.29, 0.717) is 59.0 Å². The van der Waals surface area contributed by atoms with Gasteiger partial charge in [0.05, 0.1) is 38.9 Å². The van der Waals surface area contributed by atoms with Crippen molar-refractivity contribution in [1.29, 1.82) is 0 Å². The molecule has 0 spiro atoms. The molecule has 0 aliphatic carbocycles. The summed E-state index contributed by atoms with van der Waals surface area (Å²) in [7, 11) is 1.53. The predicted octanol–water partition coefficient (Wildman–Crippen LogP) is 2.51. The van der Waals surface area contributed by atoms with E-state index in [1.54, 1.807) is 30.0 Å². The average Bonchev–Trinajstić information content (AvgIpc) is 3.38. The molecule has 2 fully saturated rings. The zero-order valence-electron chi connectivity index (χ0n) is 22.7. The molecule has 2 saturated heterocycles. The Kier molecular flexibility index (Phi) is 5.84. The number of likely N-dealkylation sites (tertiary alicyclic amines) is 1. The lowest BCUT2D eigenvalue weighted by atomic mass is 9.91. The summed E-state index contributed by atoms with van der Waals surface area (Å²) >= 11 is 0. The molecule has 2 aliphatic rings. The standard InChI is InChI=1S/C25H29F4N9O/c1-14-31-17-5-4-16(32-22(17)37(14)10-19(26)27)15-6-9-38-20(15)21(30-3)34-23(35-38)33-18-7-8-36(11-25(18,28)29)24(2)12-39-13-24/h4-6,9,18-19H,7-8,10-13H2,1-3H3,(H2,30,33,34,35)/t18-/m1/s1/i9D. The summed E-state index contributed by atoms with van der Waals surface area (Å²) in [5, 5.41) is 2.92. The molecule has 0 radical (unpaired) electrons. The van der Waals surface area contributed by atoms with Crippen LogP contribution in [0.3, 0.4) is 0 Å². The first-order valence-corrected chi connectivity index (χ1v) is 12.6. The van der Waals surface area contributed by atoms with Crippen molar-refractivity contribution >= 4 is 16.7 Å². The minimum Gasteiger partial charge on any atom is -0.377 e. The van der Waals surface area contributed by atoms with Crippen molar-refractivity contribution in [2.24, 2.45) is 9.98 Å². The van der Waals surface area contributed by atoms with E-state index in [1.807, 2.05) is 6.92 Å². The van der Waals surface area contributed by atoms with Crippen molar-refractivity contribution in [3.8, 4) is 11.3 Å². The fraction of sp³-hybridized carbons (Fsp3) is 0.520. The van der Waals surface area contributed by atoms with Crippen LogP contribution in [0.15, 0.2) is 34.4 Å². The summed E-state index contributed by atoms with van der Waals surface area (Å²) < 4.78 is 73.3. The van der Waals surface area contributed by atoms with Crippen molar-refractivity contribution in [3.05, 3.63) is 41.3 Å². The van der Waals surface area contributed by atoms with Gasteiger partial charge in [-0.1, -0.05) is 0 Å². The van der Waals surface area contributed by atoms with Gasteiger partial charge >= 0.3 is 0 Å². The molecule has 39 heavy (non-hydrogen) atoms. The van der Waals surface area contributed by atoms with Gasteiger partial charge in [0.15, 0.2) is 11.1 Å². The summed E-state index contributed by atoms with van der Waals surface area (Å²) in [4.78, 5) is 22.3. The second-order valence-electron chi connectivity index (χ2n) is 10.3. The Bertz CT molecular complexity index is 1730. The number of imidazole rings is 1. The number of aromatic nitrogens is 6. The molecule has 4 aromatic heterocycles. The van der Waals surface area contributed by atoms with Crippen molar-refractivity contribution in [2.75, 3.05) is 33.4 Å². The van der Waals surface area contributed by atoms with Gasteiger partial charge in [0, 0.05) is 25.3 Å². The van der Waals surface area contributed by atoms with Gasteiger partial charge in [-0.05, 0) is 38.5 Å². The lowest BCUT2D eigenvalue weighted by molar-refractivity contribution is -0.176. The zero-order valence-corrected chi connectivity index (χ0v) is 21.7. The number of alkyl halides is 4. The highest BCUT2D eigenvalue weighted by Crippen LogP contribution is 2.35. The number of H-pyrrole nitrogens is 2. The van der Waals surface area contributed by atoms with E-state index in [9.17, 15) is 8.78 Å². The fourth-order valence-electron chi connectivity index (χ4n) is 5.33. The first-order chi connectivity index (χ1) is 19.0. The molecule has 1 atom stereocenters. The van der Waals surface area contributed by atoms with Crippen LogP contribution in [0.5, 0.6) is 0 Å². The molecule has 0 bridgehead atoms. The second-order valence-corrected chi connectivity index (χ2v) is 10.3. The van der Waals surface area contributed by atoms with Gasteiger partial charge in [0.25, 0.3) is 12.3 Å². The molecule has 0 unspecified atom stereocenters. The number of aryl methyl sites for hydroxylation is 1. The quantitative estimate of drug-likeness (QED) is 0.374. The third kappa shape index (κ3) is 4.44. The number of rotatable bonds is 5. The van der Waals surface area contributed by atoms with Gasteiger partial charge in [-0.2, -0.15) is 0 Å². The molecule has 0 saturated carbocycles. The Morgan fingerprint density at radius 1 is 1.26 bits per heavy atom. The van der Waals surface area contributed by atoms with E-state index in [2.05, 4.69) is 30.0 Å². The number of nitrogens with one attached hydrogen (secondary N) is 2. The van der Waals surface area contributed by atoms with Crippen LogP contribution in [-0.2, 0) is 11.3 Å². The molecule has 0 amide bonds. The molecule has 4 aromatic rings. The Morgan fingerprint density at radius 3 is 2.72 bits per heavy atom. The summed E-state index contributed by atoms with van der Waals surface area (Å²) in [6.07, 6.45) is -2.41. The minimum atomic E-state index is -3.07. The number of halogens is 4. The SMILES string of the molecule is [2H]c1cc(-c2ccc3nc(C)n(CC(F)F)c3n2)c2c(=NC)[nH]c(=N[C@@H]3CCN(C4(C)COC4)CC3(F)F)[nH]n12. The van der Waals surface area contributed by atoms with Crippen LogP contribution in [0.4, 0.5) is 17.6 Å². The Hall–Kier alpha value is -3.52. The molecule has 6 heterocycles. The summed E-state index contributed by atoms with van der Waals surface area (Å²) in [5.74, 6) is -2.65. The first-order valence-electron chi connectivity index (χ1n) is 13.1. The van der Waals surface area contributed by atoms with Crippen LogP contribution in [0.25, 0.3) is 27.9 Å². The number of aromatic amines is 2. The van der Waals surface area contributed by atoms with Crippen molar-refractivity contribution in [3.63, 3.8) is 0 Å². The molecular formula is C25H29F4N9O. The lowest BCUT2D eigenvalue weighted by Gasteiger charge is -2.51. The molecule has 2 aliphatic heterocycles. The van der Waals surface area contributed by atoms with E-state index < -0.39 is 31.5 Å². The van der Waals surface area contributed by atoms with Gasteiger partial charge in [-0.3, -0.25) is 19.5 Å². The van der Waals surface area contributed by atoms with Crippen molar-refractivity contribution in [2.45, 2.75) is 50.7 Å². The topological polar surface area (TPSA) is 104 Å². The first kappa shape index (κ1) is 24.5. The monoisotopic (exact) mass is 548 g/mol. The maximum atomic E-state index is 15.2. The maximum absolute atomic E-state index is 15.2. The van der Waals surface area contributed by atoms with Crippen LogP contribution in [-0.4, -0.2) is 91.3 Å². The molecule has 2 N–H and O–H groups in total. The predicted molar refractivity (Wildman–Crippen MR) is 135 cm³/mol. The number of nitrogens with zero attached hydrogens (tertiary/aromatic N) is 7. The highest BCUT2D eigenvalue weighted by atomic mass is 19.3. The lowest BCUT2D eigenvalue weighted by Crippen LogP contribution is -2.66. The Balaban J connectivity index is 1.41. The molecular weight excluding hydrogens is 518 g/mol. The molecule has 208 valence electrons. The van der Waals surface area contributed by atoms with Gasteiger partial charge in [-0.25, -0.2) is 32.5 Å². The van der Waals surface area contributed by atoms with Crippen LogP contribution in [0.2, 0.25) is 0 Å². The van der Waals surface area contributed by atoms with Gasteiger partial charge < -0.3 is 14.3 Å². The van der Waals surface area contributed by atoms with Crippen LogP contribution < -0.4 is 11.1 Å². The Morgan fingerprint density at radius 2 is 2.05 bits per heavy atom. The van der Waals surface area contributed by atoms with Gasteiger partial charge in [-0.15, -0.1) is 0 Å². The largest absolute Gasteiger partial charge is 0.377 e. The highest BCUT2D eigenvalue weighted by molar-refractivity contribution is 5.82.